The van der Waals surface area contributed by atoms with Gasteiger partial charge >= 0.3 is 6.18 Å². The molecule has 4 nitrogen and oxygen atoms in total. The van der Waals surface area contributed by atoms with Gasteiger partial charge in [-0.3, -0.25) is 4.79 Å². The average Bonchev–Trinajstić information content (AvgIpc) is 2.47. The number of benzene rings is 1. The number of ether oxygens (including phenoxy) is 1. The zero-order valence-corrected chi connectivity index (χ0v) is 13.0. The molecular formula is C16H21F3N2O2. The summed E-state index contributed by atoms with van der Waals surface area (Å²) in [5.74, 6) is -0.224. The van der Waals surface area contributed by atoms with E-state index < -0.39 is 17.3 Å². The first-order valence-corrected chi connectivity index (χ1v) is 7.56. The molecule has 0 spiro atoms. The van der Waals surface area contributed by atoms with Crippen LogP contribution < -0.4 is 10.6 Å². The van der Waals surface area contributed by atoms with E-state index in [1.54, 1.807) is 13.2 Å². The normalized spacial score (nSPS) is 16.7. The van der Waals surface area contributed by atoms with Crippen molar-refractivity contribution in [2.24, 2.45) is 0 Å². The predicted octanol–water partition coefficient (Wildman–Crippen LogP) is 2.44. The van der Waals surface area contributed by atoms with E-state index in [0.29, 0.717) is 31.6 Å². The van der Waals surface area contributed by atoms with Crippen LogP contribution in [0.15, 0.2) is 24.3 Å². The molecule has 0 heterocycles. The van der Waals surface area contributed by atoms with E-state index in [1.165, 1.54) is 6.07 Å². The van der Waals surface area contributed by atoms with Gasteiger partial charge in [-0.2, -0.15) is 13.2 Å². The van der Waals surface area contributed by atoms with Crippen LogP contribution in [0.3, 0.4) is 0 Å². The van der Waals surface area contributed by atoms with E-state index in [2.05, 4.69) is 10.6 Å². The summed E-state index contributed by atoms with van der Waals surface area (Å²) < 4.78 is 43.5. The molecule has 0 aromatic heterocycles. The Balaban J connectivity index is 2.05. The monoisotopic (exact) mass is 330 g/mol. The van der Waals surface area contributed by atoms with Gasteiger partial charge in [0.15, 0.2) is 0 Å². The molecule has 0 saturated heterocycles. The van der Waals surface area contributed by atoms with E-state index in [1.807, 2.05) is 0 Å². The molecule has 1 fully saturated rings. The van der Waals surface area contributed by atoms with Crippen LogP contribution in [0.4, 0.5) is 13.2 Å². The molecule has 0 radical (unpaired) electrons. The van der Waals surface area contributed by atoms with E-state index in [0.717, 1.165) is 18.6 Å². The Hall–Kier alpha value is -1.60. The highest BCUT2D eigenvalue weighted by molar-refractivity contribution is 5.79. The Kier molecular flexibility index (Phi) is 5.64. The minimum absolute atomic E-state index is 0.115. The molecule has 1 aromatic rings. The summed E-state index contributed by atoms with van der Waals surface area (Å²) in [7, 11) is 1.57. The zero-order chi connectivity index (χ0) is 16.9. The summed E-state index contributed by atoms with van der Waals surface area (Å²) >= 11 is 0. The standard InChI is InChI=1S/C16H21F3N2O2/c1-23-9-8-20-11-14(22)21-15(6-3-7-15)12-4-2-5-13(10-12)16(17,18)19/h2,4-5,10,20H,3,6-9,11H2,1H3,(H,21,22). The number of carbonyl (C=O) groups is 1. The first-order chi connectivity index (χ1) is 10.9. The van der Waals surface area contributed by atoms with Crippen molar-refractivity contribution >= 4 is 5.91 Å². The van der Waals surface area contributed by atoms with Gasteiger partial charge in [0.05, 0.1) is 24.3 Å². The van der Waals surface area contributed by atoms with Crippen LogP contribution in [0, 0.1) is 0 Å². The van der Waals surface area contributed by atoms with Crippen molar-refractivity contribution in [1.82, 2.24) is 10.6 Å². The van der Waals surface area contributed by atoms with E-state index in [-0.39, 0.29) is 12.5 Å². The lowest BCUT2D eigenvalue weighted by molar-refractivity contribution is -0.137. The van der Waals surface area contributed by atoms with Gasteiger partial charge in [-0.1, -0.05) is 12.1 Å². The number of methoxy groups -OCH3 is 1. The fourth-order valence-corrected chi connectivity index (χ4v) is 2.70. The third kappa shape index (κ3) is 4.45. The Bertz CT molecular complexity index is 542. The number of carbonyl (C=O) groups excluding carboxylic acids is 1. The zero-order valence-electron chi connectivity index (χ0n) is 13.0. The summed E-state index contributed by atoms with van der Waals surface area (Å²) in [4.78, 5) is 12.0. The third-order valence-corrected chi connectivity index (χ3v) is 4.10. The molecular weight excluding hydrogens is 309 g/mol. The number of hydrogen-bond donors (Lipinski definition) is 2. The first kappa shape index (κ1) is 17.7. The highest BCUT2D eigenvalue weighted by Gasteiger charge is 2.41. The van der Waals surface area contributed by atoms with Gasteiger partial charge in [0.25, 0.3) is 0 Å². The second kappa shape index (κ2) is 7.31. The smallest absolute Gasteiger partial charge is 0.383 e. The van der Waals surface area contributed by atoms with Gasteiger partial charge in [-0.25, -0.2) is 0 Å². The highest BCUT2D eigenvalue weighted by Crippen LogP contribution is 2.42. The third-order valence-electron chi connectivity index (χ3n) is 4.10. The summed E-state index contributed by atoms with van der Waals surface area (Å²) in [6, 6.07) is 5.22. The topological polar surface area (TPSA) is 50.4 Å². The summed E-state index contributed by atoms with van der Waals surface area (Å²) in [5, 5.41) is 5.82. The molecule has 0 bridgehead atoms. The minimum Gasteiger partial charge on any atom is -0.383 e. The molecule has 128 valence electrons. The lowest BCUT2D eigenvalue weighted by Crippen LogP contribution is -2.53. The molecule has 2 N–H and O–H groups in total. The van der Waals surface area contributed by atoms with E-state index in [9.17, 15) is 18.0 Å². The summed E-state index contributed by atoms with van der Waals surface area (Å²) in [5.41, 5.74) is -0.848. The second-order valence-corrected chi connectivity index (χ2v) is 5.73. The SMILES string of the molecule is COCCNCC(=O)NC1(c2cccc(C(F)(F)F)c2)CCC1. The lowest BCUT2D eigenvalue weighted by atomic mass is 9.71. The van der Waals surface area contributed by atoms with Crippen molar-refractivity contribution in [1.29, 1.82) is 0 Å². The van der Waals surface area contributed by atoms with Crippen LogP contribution in [0.25, 0.3) is 0 Å². The van der Waals surface area contributed by atoms with Crippen LogP contribution >= 0.6 is 0 Å². The molecule has 1 amide bonds. The number of rotatable bonds is 7. The number of alkyl halides is 3. The second-order valence-electron chi connectivity index (χ2n) is 5.73. The molecule has 7 heteroatoms. The minimum atomic E-state index is -4.38. The van der Waals surface area contributed by atoms with E-state index in [4.69, 9.17) is 4.74 Å². The van der Waals surface area contributed by atoms with Crippen LogP contribution in [-0.2, 0) is 21.2 Å². The summed E-state index contributed by atoms with van der Waals surface area (Å²) in [6.45, 7) is 1.15. The van der Waals surface area contributed by atoms with Crippen LogP contribution in [-0.4, -0.2) is 32.7 Å². The quantitative estimate of drug-likeness (QED) is 0.755. The van der Waals surface area contributed by atoms with Crippen molar-refractivity contribution in [3.05, 3.63) is 35.4 Å². The largest absolute Gasteiger partial charge is 0.416 e. The van der Waals surface area contributed by atoms with Gasteiger partial charge < -0.3 is 15.4 Å². The highest BCUT2D eigenvalue weighted by atomic mass is 19.4. The molecule has 0 aliphatic heterocycles. The number of halogens is 3. The van der Waals surface area contributed by atoms with Crippen molar-refractivity contribution in [3.63, 3.8) is 0 Å². The maximum Gasteiger partial charge on any atom is 0.416 e. The molecule has 0 atom stereocenters. The Labute approximate surface area is 133 Å². The van der Waals surface area contributed by atoms with Gasteiger partial charge in [-0.15, -0.1) is 0 Å². The van der Waals surface area contributed by atoms with Gasteiger partial charge in [0.2, 0.25) is 5.91 Å². The molecule has 1 aromatic carbocycles. The molecule has 0 unspecified atom stereocenters. The molecule has 2 rings (SSSR count). The molecule has 1 aliphatic carbocycles. The van der Waals surface area contributed by atoms with Crippen LogP contribution in [0.5, 0.6) is 0 Å². The molecule has 1 aliphatic rings. The first-order valence-electron chi connectivity index (χ1n) is 7.56. The summed E-state index contributed by atoms with van der Waals surface area (Å²) in [6.07, 6.45) is -2.20. The van der Waals surface area contributed by atoms with Crippen molar-refractivity contribution in [3.8, 4) is 0 Å². The maximum atomic E-state index is 12.9. The molecule has 23 heavy (non-hydrogen) atoms. The average molecular weight is 330 g/mol. The van der Waals surface area contributed by atoms with E-state index >= 15 is 0 Å². The Morgan fingerprint density at radius 3 is 2.65 bits per heavy atom. The predicted molar refractivity (Wildman–Crippen MR) is 79.9 cm³/mol. The number of amides is 1. The number of nitrogens with one attached hydrogen (secondary N) is 2. The Morgan fingerprint density at radius 2 is 2.09 bits per heavy atom. The fourth-order valence-electron chi connectivity index (χ4n) is 2.70. The molecule has 1 saturated carbocycles. The van der Waals surface area contributed by atoms with Gasteiger partial charge in [0, 0.05) is 13.7 Å². The van der Waals surface area contributed by atoms with Gasteiger partial charge in [0.1, 0.15) is 0 Å². The van der Waals surface area contributed by atoms with Gasteiger partial charge in [-0.05, 0) is 37.0 Å². The lowest BCUT2D eigenvalue weighted by Gasteiger charge is -2.43. The van der Waals surface area contributed by atoms with Crippen molar-refractivity contribution in [2.75, 3.05) is 26.8 Å². The van der Waals surface area contributed by atoms with Crippen molar-refractivity contribution in [2.45, 2.75) is 31.0 Å². The van der Waals surface area contributed by atoms with Crippen LogP contribution in [0.2, 0.25) is 0 Å². The number of hydrogen-bond acceptors (Lipinski definition) is 3. The Morgan fingerprint density at radius 1 is 1.35 bits per heavy atom. The van der Waals surface area contributed by atoms with Crippen molar-refractivity contribution < 1.29 is 22.7 Å². The van der Waals surface area contributed by atoms with Crippen LogP contribution in [0.1, 0.15) is 30.4 Å². The fraction of sp³-hybridized carbons (Fsp3) is 0.562. The maximum absolute atomic E-state index is 12.9.